The van der Waals surface area contributed by atoms with Gasteiger partial charge in [-0.25, -0.2) is 0 Å². The van der Waals surface area contributed by atoms with Crippen LogP contribution in [0.1, 0.15) is 19.3 Å². The number of carbonyl (C=O) groups is 1. The normalized spacial score (nSPS) is 10.0. The molecule has 12 heavy (non-hydrogen) atoms. The van der Waals surface area contributed by atoms with Gasteiger partial charge in [0.1, 0.15) is 0 Å². The lowest BCUT2D eigenvalue weighted by molar-refractivity contribution is -0.137. The predicted octanol–water partition coefficient (Wildman–Crippen LogP) is 1.14. The van der Waals surface area contributed by atoms with Gasteiger partial charge in [0, 0.05) is 25.4 Å². The van der Waals surface area contributed by atoms with Gasteiger partial charge in [0.05, 0.1) is 0 Å². The Morgan fingerprint density at radius 1 is 1.50 bits per heavy atom. The van der Waals surface area contributed by atoms with Crippen LogP contribution in [0.15, 0.2) is 18.5 Å². The number of hydrogen-bond acceptors (Lipinski definition) is 2. The highest BCUT2D eigenvalue weighted by atomic mass is 16.4. The largest absolute Gasteiger partial charge is 0.481 e. The maximum absolute atomic E-state index is 10.1. The van der Waals surface area contributed by atoms with E-state index in [1.54, 1.807) is 6.20 Å². The van der Waals surface area contributed by atoms with Gasteiger partial charge in [-0.05, 0) is 18.9 Å². The minimum absolute atomic E-state index is 0.251. The van der Waals surface area contributed by atoms with Crippen molar-refractivity contribution in [2.45, 2.75) is 25.8 Å². The minimum atomic E-state index is -0.726. The van der Waals surface area contributed by atoms with Crippen molar-refractivity contribution in [2.75, 3.05) is 0 Å². The van der Waals surface area contributed by atoms with Crippen LogP contribution >= 0.6 is 0 Å². The van der Waals surface area contributed by atoms with Gasteiger partial charge in [0.2, 0.25) is 0 Å². The number of rotatable bonds is 5. The molecule has 0 atom stereocenters. The molecular weight excluding hydrogens is 156 g/mol. The van der Waals surface area contributed by atoms with Crippen LogP contribution in [0.3, 0.4) is 0 Å². The maximum Gasteiger partial charge on any atom is 0.303 e. The molecule has 1 N–H and O–H groups in total. The zero-order valence-electron chi connectivity index (χ0n) is 6.81. The first-order chi connectivity index (χ1) is 5.79. The summed E-state index contributed by atoms with van der Waals surface area (Å²) in [6.07, 6.45) is 5.43. The SMILES string of the molecule is O=C(O)CCCCn1cccn1. The molecule has 0 bridgehead atoms. The number of aryl methyl sites for hydroxylation is 1. The average molecular weight is 168 g/mol. The van der Waals surface area contributed by atoms with E-state index in [-0.39, 0.29) is 6.42 Å². The van der Waals surface area contributed by atoms with E-state index < -0.39 is 5.97 Å². The number of hydrogen-bond donors (Lipinski definition) is 1. The van der Waals surface area contributed by atoms with Crippen molar-refractivity contribution in [1.29, 1.82) is 0 Å². The third-order valence-corrected chi connectivity index (χ3v) is 1.59. The molecule has 1 heterocycles. The molecule has 0 aliphatic heterocycles. The van der Waals surface area contributed by atoms with Gasteiger partial charge in [-0.15, -0.1) is 0 Å². The van der Waals surface area contributed by atoms with Crippen LogP contribution in [-0.4, -0.2) is 20.9 Å². The van der Waals surface area contributed by atoms with Gasteiger partial charge in [-0.2, -0.15) is 5.10 Å². The molecule has 0 saturated heterocycles. The van der Waals surface area contributed by atoms with E-state index in [1.165, 1.54) is 0 Å². The summed E-state index contributed by atoms with van der Waals surface area (Å²) in [5.74, 6) is -0.726. The van der Waals surface area contributed by atoms with Crippen LogP contribution in [-0.2, 0) is 11.3 Å². The summed E-state index contributed by atoms with van der Waals surface area (Å²) in [5.41, 5.74) is 0. The van der Waals surface area contributed by atoms with Gasteiger partial charge in [-0.1, -0.05) is 0 Å². The summed E-state index contributed by atoms with van der Waals surface area (Å²) in [4.78, 5) is 10.1. The summed E-state index contributed by atoms with van der Waals surface area (Å²) in [6, 6.07) is 1.86. The van der Waals surface area contributed by atoms with Crippen LogP contribution in [0.25, 0.3) is 0 Å². The number of unbranched alkanes of at least 4 members (excludes halogenated alkanes) is 1. The summed E-state index contributed by atoms with van der Waals surface area (Å²) in [7, 11) is 0. The predicted molar refractivity (Wildman–Crippen MR) is 43.7 cm³/mol. The highest BCUT2D eigenvalue weighted by Gasteiger charge is 1.96. The lowest BCUT2D eigenvalue weighted by Crippen LogP contribution is -2.00. The second-order valence-electron chi connectivity index (χ2n) is 2.62. The summed E-state index contributed by atoms with van der Waals surface area (Å²) in [5, 5.41) is 12.4. The van der Waals surface area contributed by atoms with E-state index >= 15 is 0 Å². The Hall–Kier alpha value is -1.32. The van der Waals surface area contributed by atoms with Gasteiger partial charge < -0.3 is 5.11 Å². The number of carboxylic acid groups (broad SMARTS) is 1. The summed E-state index contributed by atoms with van der Waals surface area (Å²) < 4.78 is 1.81. The van der Waals surface area contributed by atoms with Gasteiger partial charge in [0.15, 0.2) is 0 Å². The second kappa shape index (κ2) is 4.54. The maximum atomic E-state index is 10.1. The number of carboxylic acids is 1. The standard InChI is InChI=1S/C8H12N2O2/c11-8(12)4-1-2-6-10-7-3-5-9-10/h3,5,7H,1-2,4,6H2,(H,11,12). The van der Waals surface area contributed by atoms with Crippen LogP contribution < -0.4 is 0 Å². The molecule has 0 aromatic carbocycles. The smallest absolute Gasteiger partial charge is 0.303 e. The summed E-state index contributed by atoms with van der Waals surface area (Å²) in [6.45, 7) is 0.806. The van der Waals surface area contributed by atoms with E-state index in [0.29, 0.717) is 0 Å². The molecule has 4 heteroatoms. The number of aliphatic carboxylic acids is 1. The van der Waals surface area contributed by atoms with Crippen molar-refractivity contribution in [3.05, 3.63) is 18.5 Å². The zero-order valence-corrected chi connectivity index (χ0v) is 6.81. The fourth-order valence-electron chi connectivity index (χ4n) is 0.983. The molecule has 0 fully saturated rings. The van der Waals surface area contributed by atoms with Gasteiger partial charge in [0.25, 0.3) is 0 Å². The Morgan fingerprint density at radius 3 is 2.92 bits per heavy atom. The Balaban J connectivity index is 2.07. The monoisotopic (exact) mass is 168 g/mol. The Morgan fingerprint density at radius 2 is 2.33 bits per heavy atom. The lowest BCUT2D eigenvalue weighted by Gasteiger charge is -1.98. The van der Waals surface area contributed by atoms with E-state index in [2.05, 4.69) is 5.10 Å². The van der Waals surface area contributed by atoms with Crippen molar-refractivity contribution in [3.63, 3.8) is 0 Å². The first-order valence-electron chi connectivity index (χ1n) is 3.98. The molecule has 0 aliphatic rings. The second-order valence-corrected chi connectivity index (χ2v) is 2.62. The Kier molecular flexibility index (Phi) is 3.32. The molecule has 1 aromatic heterocycles. The minimum Gasteiger partial charge on any atom is -0.481 e. The molecule has 1 aromatic rings. The van der Waals surface area contributed by atoms with Gasteiger partial charge in [-0.3, -0.25) is 9.48 Å². The number of aromatic nitrogens is 2. The molecule has 4 nitrogen and oxygen atoms in total. The van der Waals surface area contributed by atoms with Gasteiger partial charge >= 0.3 is 5.97 Å². The molecule has 0 amide bonds. The first-order valence-corrected chi connectivity index (χ1v) is 3.98. The third-order valence-electron chi connectivity index (χ3n) is 1.59. The molecule has 1 rings (SSSR count). The molecule has 0 aliphatic carbocycles. The van der Waals surface area contributed by atoms with Crippen molar-refractivity contribution in [1.82, 2.24) is 9.78 Å². The van der Waals surface area contributed by atoms with Crippen molar-refractivity contribution in [3.8, 4) is 0 Å². The third kappa shape index (κ3) is 3.18. The van der Waals surface area contributed by atoms with Crippen molar-refractivity contribution in [2.24, 2.45) is 0 Å². The fourth-order valence-corrected chi connectivity index (χ4v) is 0.983. The van der Waals surface area contributed by atoms with Crippen LogP contribution in [0.2, 0.25) is 0 Å². The summed E-state index contributed by atoms with van der Waals surface area (Å²) >= 11 is 0. The highest BCUT2D eigenvalue weighted by molar-refractivity contribution is 5.66. The highest BCUT2D eigenvalue weighted by Crippen LogP contribution is 1.97. The van der Waals surface area contributed by atoms with Crippen LogP contribution in [0.5, 0.6) is 0 Å². The van der Waals surface area contributed by atoms with E-state index in [4.69, 9.17) is 5.11 Å². The van der Waals surface area contributed by atoms with Crippen LogP contribution in [0, 0.1) is 0 Å². The van der Waals surface area contributed by atoms with Crippen LogP contribution in [0.4, 0.5) is 0 Å². The van der Waals surface area contributed by atoms with Crippen molar-refractivity contribution >= 4 is 5.97 Å². The molecular formula is C8H12N2O2. The average Bonchev–Trinajstić information content (AvgIpc) is 2.49. The van der Waals surface area contributed by atoms with E-state index in [1.807, 2.05) is 16.9 Å². The first kappa shape index (κ1) is 8.77. The topological polar surface area (TPSA) is 55.1 Å². The lowest BCUT2D eigenvalue weighted by atomic mass is 10.2. The molecule has 0 radical (unpaired) electrons. The molecule has 66 valence electrons. The van der Waals surface area contributed by atoms with Crippen molar-refractivity contribution < 1.29 is 9.90 Å². The molecule has 0 spiro atoms. The van der Waals surface area contributed by atoms with E-state index in [9.17, 15) is 4.79 Å². The zero-order chi connectivity index (χ0) is 8.81. The molecule has 0 saturated carbocycles. The molecule has 0 unspecified atom stereocenters. The van der Waals surface area contributed by atoms with E-state index in [0.717, 1.165) is 19.4 Å². The quantitative estimate of drug-likeness (QED) is 0.671. The number of nitrogens with zero attached hydrogens (tertiary/aromatic N) is 2. The Bertz CT molecular complexity index is 231. The Labute approximate surface area is 70.8 Å². The fraction of sp³-hybridized carbons (Fsp3) is 0.500.